The van der Waals surface area contributed by atoms with E-state index in [0.717, 1.165) is 34.9 Å². The smallest absolute Gasteiger partial charge is 0.166 e. The Labute approximate surface area is 151 Å². The van der Waals surface area contributed by atoms with Gasteiger partial charge in [0.1, 0.15) is 5.82 Å². The lowest BCUT2D eigenvalue weighted by Crippen LogP contribution is -2.18. The fourth-order valence-corrected chi connectivity index (χ4v) is 3.38. The fourth-order valence-electron chi connectivity index (χ4n) is 3.26. The van der Waals surface area contributed by atoms with E-state index >= 15 is 0 Å². The van der Waals surface area contributed by atoms with Gasteiger partial charge in [-0.05, 0) is 50.5 Å². The number of halogens is 2. The molecule has 2 heterocycles. The number of rotatable bonds is 3. The van der Waals surface area contributed by atoms with Crippen molar-refractivity contribution in [3.05, 3.63) is 64.6 Å². The van der Waals surface area contributed by atoms with Gasteiger partial charge in [-0.15, -0.1) is 22.6 Å². The van der Waals surface area contributed by atoms with Crippen LogP contribution in [0.2, 0.25) is 5.02 Å². The largest absolute Gasteiger partial charge is 0.386 e. The molecular weight excluding hydrogens is 345 g/mol. The first-order valence-electron chi connectivity index (χ1n) is 7.75. The maximum Gasteiger partial charge on any atom is 0.166 e. The molecule has 6 heteroatoms. The van der Waals surface area contributed by atoms with Crippen LogP contribution >= 0.6 is 24.0 Å². The third-order valence-electron chi connectivity index (χ3n) is 4.67. The van der Waals surface area contributed by atoms with Gasteiger partial charge >= 0.3 is 0 Å². The molecule has 0 radical (unpaired) electrons. The average Bonchev–Trinajstić information content (AvgIpc) is 3.19. The van der Waals surface area contributed by atoms with E-state index in [9.17, 15) is 5.11 Å². The van der Waals surface area contributed by atoms with E-state index in [4.69, 9.17) is 11.6 Å². The van der Waals surface area contributed by atoms with Crippen LogP contribution in [-0.4, -0.2) is 19.7 Å². The summed E-state index contributed by atoms with van der Waals surface area (Å²) >= 11 is 6.01. The zero-order valence-corrected chi connectivity index (χ0v) is 15.1. The van der Waals surface area contributed by atoms with Crippen LogP contribution in [0.25, 0.3) is 5.65 Å². The molecule has 1 saturated carbocycles. The molecule has 0 unspecified atom stereocenters. The number of hydrogen-bond donors (Lipinski definition) is 1. The number of pyridine rings is 1. The van der Waals surface area contributed by atoms with E-state index in [2.05, 4.69) is 22.3 Å². The summed E-state index contributed by atoms with van der Waals surface area (Å²) in [6.45, 7) is 3.53. The molecule has 126 valence electrons. The van der Waals surface area contributed by atoms with Crippen LogP contribution < -0.4 is 0 Å². The van der Waals surface area contributed by atoms with E-state index < -0.39 is 5.60 Å². The highest BCUT2D eigenvalue weighted by molar-refractivity contribution is 6.30. The highest BCUT2D eigenvalue weighted by Crippen LogP contribution is 2.53. The molecule has 4 rings (SSSR count). The first-order valence-corrected chi connectivity index (χ1v) is 8.13. The van der Waals surface area contributed by atoms with E-state index in [1.165, 1.54) is 5.56 Å². The molecule has 24 heavy (non-hydrogen) atoms. The number of benzene rings is 1. The van der Waals surface area contributed by atoms with Crippen molar-refractivity contribution in [3.8, 4) is 0 Å². The topological polar surface area (TPSA) is 50.4 Å². The van der Waals surface area contributed by atoms with Crippen molar-refractivity contribution in [3.63, 3.8) is 0 Å². The van der Waals surface area contributed by atoms with Crippen LogP contribution in [-0.2, 0) is 11.0 Å². The van der Waals surface area contributed by atoms with Crippen LogP contribution in [0.4, 0.5) is 0 Å². The van der Waals surface area contributed by atoms with Gasteiger partial charge in [0.25, 0.3) is 0 Å². The van der Waals surface area contributed by atoms with Gasteiger partial charge in [0, 0.05) is 16.8 Å². The Hall–Kier alpha value is -1.62. The van der Waals surface area contributed by atoms with Crippen molar-refractivity contribution >= 4 is 29.7 Å². The van der Waals surface area contributed by atoms with E-state index in [-0.39, 0.29) is 17.8 Å². The molecule has 1 fully saturated rings. The highest BCUT2D eigenvalue weighted by atomic mass is 35.5. The van der Waals surface area contributed by atoms with Gasteiger partial charge in [-0.2, -0.15) is 0 Å². The lowest BCUT2D eigenvalue weighted by molar-refractivity contribution is 0.0796. The summed E-state index contributed by atoms with van der Waals surface area (Å²) in [5, 5.41) is 19.9. The summed E-state index contributed by atoms with van der Waals surface area (Å²) in [6.07, 6.45) is 4.06. The Kier molecular flexibility index (Phi) is 4.11. The third-order valence-corrected chi connectivity index (χ3v) is 4.92. The second-order valence-electron chi connectivity index (χ2n) is 6.79. The highest BCUT2D eigenvalue weighted by Gasteiger charge is 2.49. The first-order chi connectivity index (χ1) is 10.9. The van der Waals surface area contributed by atoms with Crippen molar-refractivity contribution in [2.45, 2.75) is 37.7 Å². The van der Waals surface area contributed by atoms with Gasteiger partial charge in [0.2, 0.25) is 0 Å². The number of nitrogens with zero attached hydrogens (tertiary/aromatic N) is 3. The third kappa shape index (κ3) is 2.59. The van der Waals surface area contributed by atoms with E-state index in [1.807, 2.05) is 34.9 Å². The van der Waals surface area contributed by atoms with Gasteiger partial charge < -0.3 is 5.11 Å². The molecule has 1 aliphatic carbocycles. The maximum atomic E-state index is 10.4. The predicted molar refractivity (Wildman–Crippen MR) is 96.9 cm³/mol. The molecule has 0 atom stereocenters. The number of aliphatic hydroxyl groups is 1. The number of aromatic nitrogens is 3. The van der Waals surface area contributed by atoms with Crippen molar-refractivity contribution in [2.75, 3.05) is 0 Å². The maximum absolute atomic E-state index is 10.4. The molecule has 4 nitrogen and oxygen atoms in total. The summed E-state index contributed by atoms with van der Waals surface area (Å²) in [5.74, 6) is 0.931. The van der Waals surface area contributed by atoms with E-state index in [1.54, 1.807) is 13.8 Å². The van der Waals surface area contributed by atoms with Crippen LogP contribution in [0.3, 0.4) is 0 Å². The second-order valence-corrected chi connectivity index (χ2v) is 7.22. The minimum absolute atomic E-state index is 0. The summed E-state index contributed by atoms with van der Waals surface area (Å²) in [7, 11) is 0. The Bertz CT molecular complexity index is 877. The molecule has 0 saturated heterocycles. The van der Waals surface area contributed by atoms with Crippen LogP contribution in [0.1, 0.15) is 43.6 Å². The van der Waals surface area contributed by atoms with Crippen molar-refractivity contribution in [2.24, 2.45) is 0 Å². The Morgan fingerprint density at radius 3 is 2.38 bits per heavy atom. The average molecular weight is 364 g/mol. The Morgan fingerprint density at radius 2 is 1.79 bits per heavy atom. The number of hydrogen-bond acceptors (Lipinski definition) is 3. The van der Waals surface area contributed by atoms with Crippen molar-refractivity contribution < 1.29 is 5.11 Å². The van der Waals surface area contributed by atoms with Gasteiger partial charge in [0.05, 0.1) is 11.0 Å². The van der Waals surface area contributed by atoms with Gasteiger partial charge in [0.15, 0.2) is 5.65 Å². The summed E-state index contributed by atoms with van der Waals surface area (Å²) < 4.78 is 2.01. The lowest BCUT2D eigenvalue weighted by Gasteiger charge is -2.19. The SMILES string of the molecule is CC(C)(O)c1cccn2c(C3(c4ccc(Cl)cc4)CC3)nnc12.Cl. The Balaban J connectivity index is 0.00000169. The van der Waals surface area contributed by atoms with Gasteiger partial charge in [-0.1, -0.05) is 29.8 Å². The molecule has 2 aromatic heterocycles. The Morgan fingerprint density at radius 1 is 1.12 bits per heavy atom. The quantitative estimate of drug-likeness (QED) is 0.761. The minimum Gasteiger partial charge on any atom is -0.386 e. The van der Waals surface area contributed by atoms with Crippen LogP contribution in [0.15, 0.2) is 42.6 Å². The standard InChI is InChI=1S/C18H18ClN3O.ClH/c1-17(2,23)14-4-3-11-22-15(14)20-21-16(22)18(9-10-18)12-5-7-13(19)8-6-12;/h3-8,11,23H,9-10H2,1-2H3;1H. The molecule has 0 bridgehead atoms. The molecule has 0 aliphatic heterocycles. The molecule has 1 aliphatic rings. The molecule has 0 amide bonds. The molecule has 0 spiro atoms. The first kappa shape index (κ1) is 17.2. The van der Waals surface area contributed by atoms with Gasteiger partial charge in [-0.3, -0.25) is 4.40 Å². The number of fused-ring (bicyclic) bond motifs is 1. The monoisotopic (exact) mass is 363 g/mol. The molecule has 1 N–H and O–H groups in total. The normalized spacial score (nSPS) is 16.0. The van der Waals surface area contributed by atoms with Crippen LogP contribution in [0, 0.1) is 0 Å². The molecule has 3 aromatic rings. The molecule has 1 aromatic carbocycles. The zero-order chi connectivity index (χ0) is 16.2. The van der Waals surface area contributed by atoms with Crippen molar-refractivity contribution in [1.29, 1.82) is 0 Å². The predicted octanol–water partition coefficient (Wildman–Crippen LogP) is 4.11. The van der Waals surface area contributed by atoms with Gasteiger partial charge in [-0.25, -0.2) is 0 Å². The lowest BCUT2D eigenvalue weighted by atomic mass is 9.95. The minimum atomic E-state index is -0.955. The fraction of sp³-hybridized carbons (Fsp3) is 0.333. The summed E-state index contributed by atoms with van der Waals surface area (Å²) in [6, 6.07) is 11.8. The summed E-state index contributed by atoms with van der Waals surface area (Å²) in [4.78, 5) is 0. The molecular formula is C18H19Cl2N3O. The van der Waals surface area contributed by atoms with E-state index in [0.29, 0.717) is 0 Å². The second kappa shape index (κ2) is 5.73. The van der Waals surface area contributed by atoms with Crippen molar-refractivity contribution in [1.82, 2.24) is 14.6 Å². The van der Waals surface area contributed by atoms with Crippen LogP contribution in [0.5, 0.6) is 0 Å². The summed E-state index contributed by atoms with van der Waals surface area (Å²) in [5.41, 5.74) is 1.66. The zero-order valence-electron chi connectivity index (χ0n) is 13.5.